The Morgan fingerprint density at radius 3 is 2.55 bits per heavy atom. The fourth-order valence-corrected chi connectivity index (χ4v) is 4.87. The van der Waals surface area contributed by atoms with Crippen LogP contribution in [0, 0.1) is 0 Å². The van der Waals surface area contributed by atoms with Crippen LogP contribution in [-0.4, -0.2) is 49.2 Å². The number of aliphatic hydroxyl groups is 1. The summed E-state index contributed by atoms with van der Waals surface area (Å²) in [4.78, 5) is 27.7. The number of H-pyrrole nitrogens is 1. The van der Waals surface area contributed by atoms with Gasteiger partial charge in [-0.25, -0.2) is 10.5 Å². The summed E-state index contributed by atoms with van der Waals surface area (Å²) in [5.41, 5.74) is 4.80. The molecule has 38 heavy (non-hydrogen) atoms. The normalized spacial score (nSPS) is 19.2. The van der Waals surface area contributed by atoms with Crippen LogP contribution in [0.4, 0.5) is 5.69 Å². The van der Waals surface area contributed by atoms with E-state index in [1.165, 1.54) is 18.1 Å². The highest BCUT2D eigenvalue weighted by Gasteiger charge is 2.32. The summed E-state index contributed by atoms with van der Waals surface area (Å²) >= 11 is 1.52. The smallest absolute Gasteiger partial charge is 0.243 e. The van der Waals surface area contributed by atoms with Crippen LogP contribution in [0.1, 0.15) is 61.2 Å². The second kappa shape index (κ2) is 14.0. The van der Waals surface area contributed by atoms with E-state index in [0.717, 1.165) is 16.7 Å². The molecule has 5 N–H and O–H groups in total. The number of benzene rings is 2. The lowest BCUT2D eigenvalue weighted by Crippen LogP contribution is -2.31. The van der Waals surface area contributed by atoms with Gasteiger partial charge in [-0.05, 0) is 36.1 Å². The minimum atomic E-state index is -0.652. The maximum absolute atomic E-state index is 12.4. The van der Waals surface area contributed by atoms with Crippen molar-refractivity contribution in [2.75, 3.05) is 11.1 Å². The van der Waals surface area contributed by atoms with Crippen molar-refractivity contribution in [2.45, 2.75) is 62.4 Å². The number of amides is 2. The van der Waals surface area contributed by atoms with E-state index in [1.54, 1.807) is 11.5 Å². The maximum Gasteiger partial charge on any atom is 0.243 e. The van der Waals surface area contributed by atoms with Crippen LogP contribution >= 0.6 is 11.8 Å². The molecule has 0 saturated carbocycles. The number of ether oxygens (including phenoxy) is 2. The molecule has 0 radical (unpaired) electrons. The Hall–Kier alpha value is -3.29. The zero-order valence-electron chi connectivity index (χ0n) is 20.7. The fourth-order valence-electron chi connectivity index (χ4n) is 4.07. The molecule has 3 atom stereocenters. The number of hydrogen-bond donors (Lipinski definition) is 5. The molecule has 12 heteroatoms. The standard InChI is InChI=1S/C26H31N5O6S/c32-14-17-8-10-18(11-9-17)22-13-21(15-38-26-27-16-28-30-26)36-25(37-22)19-4-3-5-20(12-19)29-23(33)6-1-2-7-24(34)31-35/h3-5,8-12,16,21-22,25,32,35H,1-2,6-7,13-15H2,(H,29,33)(H,31,34)(H,27,28,30). The van der Waals surface area contributed by atoms with E-state index in [0.29, 0.717) is 35.9 Å². The summed E-state index contributed by atoms with van der Waals surface area (Å²) in [6.07, 6.45) is 2.53. The molecule has 3 unspecified atom stereocenters. The number of aliphatic hydroxyl groups excluding tert-OH is 1. The average Bonchev–Trinajstić information content (AvgIpc) is 3.48. The van der Waals surface area contributed by atoms with Gasteiger partial charge in [0.05, 0.1) is 18.8 Å². The number of hydrogen-bond acceptors (Lipinski definition) is 9. The van der Waals surface area contributed by atoms with Crippen LogP contribution < -0.4 is 10.8 Å². The number of aromatic amines is 1. The van der Waals surface area contributed by atoms with Gasteiger partial charge in [-0.1, -0.05) is 48.2 Å². The number of carbonyl (C=O) groups is 2. The molecule has 0 aliphatic carbocycles. The first-order valence-corrected chi connectivity index (χ1v) is 13.3. The zero-order valence-corrected chi connectivity index (χ0v) is 21.5. The molecule has 2 amide bonds. The summed E-state index contributed by atoms with van der Waals surface area (Å²) in [6, 6.07) is 15.0. The van der Waals surface area contributed by atoms with Gasteiger partial charge < -0.3 is 19.9 Å². The Morgan fingerprint density at radius 2 is 1.84 bits per heavy atom. The van der Waals surface area contributed by atoms with Crippen LogP contribution in [0.3, 0.4) is 0 Å². The van der Waals surface area contributed by atoms with E-state index < -0.39 is 12.2 Å². The van der Waals surface area contributed by atoms with Gasteiger partial charge in [-0.3, -0.25) is 19.9 Å². The minimum absolute atomic E-state index is 0.0233. The molecule has 2 heterocycles. The molecule has 0 spiro atoms. The Kier molecular flexibility index (Phi) is 10.2. The molecular weight excluding hydrogens is 510 g/mol. The summed E-state index contributed by atoms with van der Waals surface area (Å²) in [6.45, 7) is -0.0233. The molecule has 1 fully saturated rings. The first kappa shape index (κ1) is 27.7. The first-order valence-electron chi connectivity index (χ1n) is 12.4. The van der Waals surface area contributed by atoms with Gasteiger partial charge in [-0.2, -0.15) is 5.10 Å². The van der Waals surface area contributed by atoms with Crippen LogP contribution in [0.15, 0.2) is 60.0 Å². The lowest BCUT2D eigenvalue weighted by atomic mass is 10.0. The number of nitrogens with one attached hydrogen (secondary N) is 3. The molecule has 1 aliphatic rings. The second-order valence-electron chi connectivity index (χ2n) is 8.87. The van der Waals surface area contributed by atoms with Crippen molar-refractivity contribution in [3.63, 3.8) is 0 Å². The number of aromatic nitrogens is 3. The molecule has 202 valence electrons. The number of rotatable bonds is 12. The monoisotopic (exact) mass is 541 g/mol. The molecule has 2 aromatic carbocycles. The van der Waals surface area contributed by atoms with Crippen molar-refractivity contribution in [1.82, 2.24) is 20.7 Å². The molecule has 0 bridgehead atoms. The molecular formula is C26H31N5O6S. The lowest BCUT2D eigenvalue weighted by Gasteiger charge is -2.36. The summed E-state index contributed by atoms with van der Waals surface area (Å²) in [5, 5.41) is 28.3. The molecule has 4 rings (SSSR count). The number of carbonyl (C=O) groups excluding carboxylic acids is 2. The van der Waals surface area contributed by atoms with Crippen molar-refractivity contribution < 1.29 is 29.4 Å². The predicted octanol–water partition coefficient (Wildman–Crippen LogP) is 3.64. The molecule has 1 aromatic heterocycles. The van der Waals surface area contributed by atoms with Gasteiger partial charge >= 0.3 is 0 Å². The average molecular weight is 542 g/mol. The summed E-state index contributed by atoms with van der Waals surface area (Å²) in [7, 11) is 0. The number of thioether (sulfide) groups is 1. The SMILES string of the molecule is O=C(CCCCC(=O)Nc1cccc(C2OC(CSc3ncn[nH]3)CC(c3ccc(CO)cc3)O2)c1)NO. The van der Waals surface area contributed by atoms with Gasteiger partial charge in [0.2, 0.25) is 11.8 Å². The van der Waals surface area contributed by atoms with E-state index in [2.05, 4.69) is 20.5 Å². The lowest BCUT2D eigenvalue weighted by molar-refractivity contribution is -0.245. The Labute approximate surface area is 224 Å². The highest BCUT2D eigenvalue weighted by Crippen LogP contribution is 2.39. The number of anilines is 1. The van der Waals surface area contributed by atoms with Crippen molar-refractivity contribution in [3.05, 3.63) is 71.5 Å². The predicted molar refractivity (Wildman–Crippen MR) is 139 cm³/mol. The first-order chi connectivity index (χ1) is 18.5. The molecule has 11 nitrogen and oxygen atoms in total. The third-order valence-electron chi connectivity index (χ3n) is 6.04. The quantitative estimate of drug-likeness (QED) is 0.0999. The Bertz CT molecular complexity index is 1180. The number of unbranched alkanes of at least 4 members (excludes halogenated alkanes) is 1. The number of hydroxylamine groups is 1. The van der Waals surface area contributed by atoms with E-state index in [-0.39, 0.29) is 37.6 Å². The van der Waals surface area contributed by atoms with Crippen LogP contribution in [0.25, 0.3) is 0 Å². The van der Waals surface area contributed by atoms with E-state index in [1.807, 2.05) is 42.5 Å². The molecule has 1 aliphatic heterocycles. The second-order valence-corrected chi connectivity index (χ2v) is 9.88. The van der Waals surface area contributed by atoms with E-state index in [4.69, 9.17) is 14.7 Å². The maximum atomic E-state index is 12.4. The van der Waals surface area contributed by atoms with Crippen molar-refractivity contribution in [1.29, 1.82) is 0 Å². The van der Waals surface area contributed by atoms with Gasteiger partial charge in [0, 0.05) is 36.3 Å². The third kappa shape index (κ3) is 8.10. The van der Waals surface area contributed by atoms with Crippen molar-refractivity contribution >= 4 is 29.3 Å². The Balaban J connectivity index is 1.42. The van der Waals surface area contributed by atoms with Gasteiger partial charge in [-0.15, -0.1) is 0 Å². The van der Waals surface area contributed by atoms with Gasteiger partial charge in [0.1, 0.15) is 6.33 Å². The van der Waals surface area contributed by atoms with E-state index >= 15 is 0 Å². The fraction of sp³-hybridized carbons (Fsp3) is 0.385. The third-order valence-corrected chi connectivity index (χ3v) is 7.05. The van der Waals surface area contributed by atoms with Crippen molar-refractivity contribution in [3.8, 4) is 0 Å². The number of nitrogens with zero attached hydrogens (tertiary/aromatic N) is 2. The largest absolute Gasteiger partial charge is 0.392 e. The topological polar surface area (TPSA) is 159 Å². The van der Waals surface area contributed by atoms with Crippen molar-refractivity contribution in [2.24, 2.45) is 0 Å². The zero-order chi connectivity index (χ0) is 26.7. The molecule has 1 saturated heterocycles. The van der Waals surface area contributed by atoms with E-state index in [9.17, 15) is 14.7 Å². The Morgan fingerprint density at radius 1 is 1.05 bits per heavy atom. The van der Waals surface area contributed by atoms with Crippen LogP contribution in [0.5, 0.6) is 0 Å². The van der Waals surface area contributed by atoms with Gasteiger partial charge in [0.25, 0.3) is 0 Å². The summed E-state index contributed by atoms with van der Waals surface area (Å²) in [5.74, 6) is 0.0105. The highest BCUT2D eigenvalue weighted by molar-refractivity contribution is 7.99. The van der Waals surface area contributed by atoms with Crippen LogP contribution in [0.2, 0.25) is 0 Å². The minimum Gasteiger partial charge on any atom is -0.392 e. The van der Waals surface area contributed by atoms with Gasteiger partial charge in [0.15, 0.2) is 11.4 Å². The molecule has 3 aromatic rings. The highest BCUT2D eigenvalue weighted by atomic mass is 32.2. The van der Waals surface area contributed by atoms with Crippen LogP contribution in [-0.2, 0) is 25.7 Å². The summed E-state index contributed by atoms with van der Waals surface area (Å²) < 4.78 is 12.7.